The van der Waals surface area contributed by atoms with Crippen LogP contribution in [0.4, 0.5) is 0 Å². The molecule has 1 aliphatic rings. The second-order valence-corrected chi connectivity index (χ2v) is 6.79. The molecule has 1 aliphatic heterocycles. The van der Waals surface area contributed by atoms with Crippen molar-refractivity contribution in [3.63, 3.8) is 0 Å². The largest absolute Gasteiger partial charge is 0.383 e. The Morgan fingerprint density at radius 2 is 1.92 bits per heavy atom. The lowest BCUT2D eigenvalue weighted by molar-refractivity contribution is -0.0777. The van der Waals surface area contributed by atoms with E-state index in [-0.39, 0.29) is 12.2 Å². The van der Waals surface area contributed by atoms with Crippen LogP contribution in [0, 0.1) is 4.77 Å². The molecule has 0 saturated carbocycles. The lowest BCUT2D eigenvalue weighted by Gasteiger charge is -2.34. The Morgan fingerprint density at radius 3 is 2.56 bits per heavy atom. The third-order valence-electron chi connectivity index (χ3n) is 4.21. The summed E-state index contributed by atoms with van der Waals surface area (Å²) in [5.41, 5.74) is 1.000. The van der Waals surface area contributed by atoms with Crippen LogP contribution in [0.25, 0.3) is 11.4 Å². The summed E-state index contributed by atoms with van der Waals surface area (Å²) in [6.07, 6.45) is 3.97. The highest BCUT2D eigenvalue weighted by atomic mass is 32.1. The fourth-order valence-electron chi connectivity index (χ4n) is 3.22. The normalized spacial score (nSPS) is 21.6. The van der Waals surface area contributed by atoms with Crippen molar-refractivity contribution in [1.82, 2.24) is 24.2 Å². The van der Waals surface area contributed by atoms with Gasteiger partial charge in [0.05, 0.1) is 32.0 Å². The van der Waals surface area contributed by atoms with Crippen LogP contribution in [-0.4, -0.2) is 63.2 Å². The number of hydrogen-bond donors (Lipinski definition) is 0. The molecule has 0 N–H and O–H groups in total. The van der Waals surface area contributed by atoms with Crippen LogP contribution in [0.1, 0.15) is 13.8 Å². The van der Waals surface area contributed by atoms with Gasteiger partial charge in [-0.1, -0.05) is 0 Å². The summed E-state index contributed by atoms with van der Waals surface area (Å²) in [6.45, 7) is 7.87. The summed E-state index contributed by atoms with van der Waals surface area (Å²) >= 11 is 5.69. The molecule has 2 aromatic heterocycles. The SMILES string of the molecule is COCCn1c(-c2ccncc2)nn(CN2CC(C)OC(C)C2)c1=S. The maximum Gasteiger partial charge on any atom is 0.199 e. The van der Waals surface area contributed by atoms with Gasteiger partial charge in [0.1, 0.15) is 0 Å². The van der Waals surface area contributed by atoms with Gasteiger partial charge in [-0.15, -0.1) is 0 Å². The van der Waals surface area contributed by atoms with E-state index in [0.717, 1.165) is 24.5 Å². The third kappa shape index (κ3) is 4.33. The lowest BCUT2D eigenvalue weighted by Crippen LogP contribution is -2.46. The molecule has 7 nitrogen and oxygen atoms in total. The molecule has 0 aliphatic carbocycles. The predicted octanol–water partition coefficient (Wildman–Crippen LogP) is 2.19. The molecule has 0 amide bonds. The molecule has 0 aromatic carbocycles. The van der Waals surface area contributed by atoms with Crippen molar-refractivity contribution in [1.29, 1.82) is 0 Å². The quantitative estimate of drug-likeness (QED) is 0.734. The first-order valence-electron chi connectivity index (χ1n) is 8.53. The summed E-state index contributed by atoms with van der Waals surface area (Å²) in [7, 11) is 1.69. The second-order valence-electron chi connectivity index (χ2n) is 6.42. The molecule has 25 heavy (non-hydrogen) atoms. The maximum atomic E-state index is 5.81. The molecule has 1 saturated heterocycles. The third-order valence-corrected chi connectivity index (χ3v) is 4.64. The molecule has 0 spiro atoms. The second kappa shape index (κ2) is 8.18. The minimum Gasteiger partial charge on any atom is -0.383 e. The molecule has 0 bridgehead atoms. The van der Waals surface area contributed by atoms with E-state index in [9.17, 15) is 0 Å². The van der Waals surface area contributed by atoms with E-state index in [1.807, 2.05) is 21.4 Å². The van der Waals surface area contributed by atoms with Gasteiger partial charge >= 0.3 is 0 Å². The molecule has 1 fully saturated rings. The van der Waals surface area contributed by atoms with Crippen LogP contribution >= 0.6 is 12.2 Å². The molecule has 136 valence electrons. The van der Waals surface area contributed by atoms with Gasteiger partial charge in [-0.25, -0.2) is 4.68 Å². The van der Waals surface area contributed by atoms with Gasteiger partial charge in [-0.05, 0) is 38.2 Å². The van der Waals surface area contributed by atoms with Crippen molar-refractivity contribution in [2.24, 2.45) is 0 Å². The average molecular weight is 363 g/mol. The Bertz CT molecular complexity index is 735. The zero-order valence-corrected chi connectivity index (χ0v) is 15.8. The van der Waals surface area contributed by atoms with Crippen LogP contribution in [0.5, 0.6) is 0 Å². The van der Waals surface area contributed by atoms with Gasteiger partial charge in [0, 0.05) is 38.2 Å². The summed E-state index contributed by atoms with van der Waals surface area (Å²) in [5, 5.41) is 4.79. The number of morpholine rings is 1. The molecule has 3 rings (SSSR count). The molecule has 3 heterocycles. The van der Waals surface area contributed by atoms with Crippen LogP contribution in [0.15, 0.2) is 24.5 Å². The Hall–Kier alpha value is -1.61. The number of ether oxygens (including phenoxy) is 2. The van der Waals surface area contributed by atoms with Crippen molar-refractivity contribution in [2.45, 2.75) is 39.3 Å². The van der Waals surface area contributed by atoms with Crippen molar-refractivity contribution in [2.75, 3.05) is 26.8 Å². The molecular formula is C17H25N5O2S. The van der Waals surface area contributed by atoms with E-state index in [0.29, 0.717) is 24.6 Å². The monoisotopic (exact) mass is 363 g/mol. The summed E-state index contributed by atoms with van der Waals surface area (Å²) in [5.74, 6) is 0.846. The van der Waals surface area contributed by atoms with Gasteiger partial charge in [0.15, 0.2) is 10.6 Å². The Morgan fingerprint density at radius 1 is 1.24 bits per heavy atom. The Balaban J connectivity index is 1.89. The predicted molar refractivity (Wildman–Crippen MR) is 97.7 cm³/mol. The summed E-state index contributed by atoms with van der Waals surface area (Å²) in [4.78, 5) is 6.42. The van der Waals surface area contributed by atoms with Crippen molar-refractivity contribution >= 4 is 12.2 Å². The number of rotatable bonds is 6. The van der Waals surface area contributed by atoms with Crippen LogP contribution in [0.3, 0.4) is 0 Å². The maximum absolute atomic E-state index is 5.81. The molecular weight excluding hydrogens is 338 g/mol. The first-order chi connectivity index (χ1) is 12.1. The van der Waals surface area contributed by atoms with E-state index in [4.69, 9.17) is 26.8 Å². The minimum atomic E-state index is 0.216. The number of hydrogen-bond acceptors (Lipinski definition) is 6. The first kappa shape index (κ1) is 18.2. The van der Waals surface area contributed by atoms with E-state index in [1.54, 1.807) is 19.5 Å². The number of aromatic nitrogens is 4. The topological polar surface area (TPSA) is 57.3 Å². The molecule has 2 atom stereocenters. The van der Waals surface area contributed by atoms with Crippen LogP contribution < -0.4 is 0 Å². The van der Waals surface area contributed by atoms with Crippen LogP contribution in [0.2, 0.25) is 0 Å². The van der Waals surface area contributed by atoms with Gasteiger partial charge in [0.2, 0.25) is 0 Å². The number of methoxy groups -OCH3 is 1. The van der Waals surface area contributed by atoms with E-state index >= 15 is 0 Å². The van der Waals surface area contributed by atoms with Crippen molar-refractivity contribution in [3.8, 4) is 11.4 Å². The fraction of sp³-hybridized carbons (Fsp3) is 0.588. The standard InChI is InChI=1S/C17H25N5O2S/c1-13-10-20(11-14(2)24-13)12-22-17(25)21(8-9-23-3)16(19-22)15-4-6-18-7-5-15/h4-7,13-14H,8-12H2,1-3H3. The Kier molecular flexibility index (Phi) is 5.95. The van der Waals surface area contributed by atoms with E-state index in [2.05, 4.69) is 23.7 Å². The van der Waals surface area contributed by atoms with Gasteiger partial charge in [0.25, 0.3) is 0 Å². The lowest BCUT2D eigenvalue weighted by atomic mass is 10.2. The van der Waals surface area contributed by atoms with E-state index in [1.165, 1.54) is 0 Å². The number of pyridine rings is 1. The zero-order chi connectivity index (χ0) is 17.8. The number of nitrogens with zero attached hydrogens (tertiary/aromatic N) is 5. The molecule has 8 heteroatoms. The van der Waals surface area contributed by atoms with E-state index < -0.39 is 0 Å². The molecule has 2 unspecified atom stereocenters. The minimum absolute atomic E-state index is 0.216. The fourth-order valence-corrected chi connectivity index (χ4v) is 3.50. The van der Waals surface area contributed by atoms with Crippen molar-refractivity contribution < 1.29 is 9.47 Å². The highest BCUT2D eigenvalue weighted by molar-refractivity contribution is 7.71. The Labute approximate surface area is 153 Å². The van der Waals surface area contributed by atoms with Crippen molar-refractivity contribution in [3.05, 3.63) is 29.3 Å². The van der Waals surface area contributed by atoms with Gasteiger partial charge in [-0.3, -0.25) is 14.5 Å². The highest BCUT2D eigenvalue weighted by Gasteiger charge is 2.23. The first-order valence-corrected chi connectivity index (χ1v) is 8.94. The zero-order valence-electron chi connectivity index (χ0n) is 15.0. The average Bonchev–Trinajstić information content (AvgIpc) is 2.89. The summed E-state index contributed by atoms with van der Waals surface area (Å²) in [6, 6.07) is 3.90. The van der Waals surface area contributed by atoms with Crippen LogP contribution in [-0.2, 0) is 22.7 Å². The molecule has 2 aromatic rings. The van der Waals surface area contributed by atoms with Gasteiger partial charge in [-0.2, -0.15) is 5.10 Å². The molecule has 0 radical (unpaired) electrons. The van der Waals surface area contributed by atoms with Gasteiger partial charge < -0.3 is 9.47 Å². The summed E-state index contributed by atoms with van der Waals surface area (Å²) < 4.78 is 15.7. The smallest absolute Gasteiger partial charge is 0.199 e. The highest BCUT2D eigenvalue weighted by Crippen LogP contribution is 2.19.